The summed E-state index contributed by atoms with van der Waals surface area (Å²) < 4.78 is 15.3. The van der Waals surface area contributed by atoms with Gasteiger partial charge in [-0.1, -0.05) is 53.8 Å². The van der Waals surface area contributed by atoms with Crippen molar-refractivity contribution >= 4 is 29.1 Å². The molecule has 2 aromatic carbocycles. The first-order valence-corrected chi connectivity index (χ1v) is 14.7. The van der Waals surface area contributed by atoms with Crippen molar-refractivity contribution in [2.75, 3.05) is 13.7 Å². The van der Waals surface area contributed by atoms with Crippen LogP contribution in [0.4, 0.5) is 0 Å². The number of hydrogen-bond donors (Lipinski definition) is 0. The fraction of sp³-hybridized carbons (Fsp3) is 0.176. The van der Waals surface area contributed by atoms with Crippen LogP contribution >= 0.6 is 11.3 Å². The Morgan fingerprint density at radius 1 is 1.05 bits per heavy atom. The Morgan fingerprint density at radius 3 is 2.58 bits per heavy atom. The third kappa shape index (κ3) is 5.12. The van der Waals surface area contributed by atoms with E-state index in [0.717, 1.165) is 28.2 Å². The molecule has 0 N–H and O–H groups in total. The first-order chi connectivity index (χ1) is 20.9. The highest BCUT2D eigenvalue weighted by atomic mass is 32.1. The number of rotatable bonds is 7. The molecule has 0 fully saturated rings. The Morgan fingerprint density at radius 2 is 1.86 bits per heavy atom. The summed E-state index contributed by atoms with van der Waals surface area (Å²) in [5, 5.41) is 0. The normalized spacial score (nSPS) is 14.8. The lowest BCUT2D eigenvalue weighted by Crippen LogP contribution is -2.40. The van der Waals surface area contributed by atoms with Gasteiger partial charge in [0.15, 0.2) is 4.80 Å². The van der Waals surface area contributed by atoms with Crippen LogP contribution in [-0.2, 0) is 9.53 Å². The van der Waals surface area contributed by atoms with Gasteiger partial charge >= 0.3 is 5.97 Å². The Hall–Kier alpha value is -5.02. The molecule has 8 nitrogen and oxygen atoms in total. The van der Waals surface area contributed by atoms with Gasteiger partial charge in [0.05, 0.1) is 47.4 Å². The van der Waals surface area contributed by atoms with Crippen LogP contribution in [0.15, 0.2) is 101 Å². The predicted octanol–water partition coefficient (Wildman–Crippen LogP) is 4.75. The Bertz CT molecular complexity index is 2040. The van der Waals surface area contributed by atoms with Gasteiger partial charge in [0.2, 0.25) is 0 Å². The third-order valence-corrected chi connectivity index (χ3v) is 8.43. The molecule has 216 valence electrons. The quantitative estimate of drug-likeness (QED) is 0.256. The zero-order valence-corrected chi connectivity index (χ0v) is 25.1. The first kappa shape index (κ1) is 28.1. The average Bonchev–Trinajstić information content (AvgIpc) is 3.50. The minimum absolute atomic E-state index is 0.187. The van der Waals surface area contributed by atoms with Crippen molar-refractivity contribution in [2.45, 2.75) is 26.8 Å². The molecule has 1 unspecified atom stereocenters. The Balaban J connectivity index is 1.62. The summed E-state index contributed by atoms with van der Waals surface area (Å²) >= 11 is 1.30. The number of aromatic nitrogens is 3. The maximum Gasteiger partial charge on any atom is 0.338 e. The van der Waals surface area contributed by atoms with E-state index in [0.29, 0.717) is 31.9 Å². The van der Waals surface area contributed by atoms with Gasteiger partial charge in [-0.25, -0.2) is 9.79 Å². The second kappa shape index (κ2) is 11.7. The summed E-state index contributed by atoms with van der Waals surface area (Å²) in [5.74, 6) is 0.0937. The van der Waals surface area contributed by atoms with Crippen LogP contribution in [-0.4, -0.2) is 33.8 Å². The van der Waals surface area contributed by atoms with Gasteiger partial charge in [0, 0.05) is 23.1 Å². The lowest BCUT2D eigenvalue weighted by Gasteiger charge is -2.26. The van der Waals surface area contributed by atoms with Gasteiger partial charge in [-0.15, -0.1) is 0 Å². The molecule has 1 atom stereocenters. The number of nitrogens with zero attached hydrogens (tertiary/aromatic N) is 4. The third-order valence-electron chi connectivity index (χ3n) is 7.44. The second-order valence-electron chi connectivity index (χ2n) is 10.1. The number of hydrogen-bond acceptors (Lipinski definition) is 7. The molecule has 0 radical (unpaired) electrons. The van der Waals surface area contributed by atoms with Crippen LogP contribution in [0.2, 0.25) is 0 Å². The highest BCUT2D eigenvalue weighted by Gasteiger charge is 2.35. The average molecular weight is 591 g/mol. The highest BCUT2D eigenvalue weighted by Crippen LogP contribution is 2.36. The van der Waals surface area contributed by atoms with Crippen molar-refractivity contribution < 1.29 is 14.3 Å². The lowest BCUT2D eigenvalue weighted by molar-refractivity contribution is -0.138. The van der Waals surface area contributed by atoms with Gasteiger partial charge < -0.3 is 14.0 Å². The maximum atomic E-state index is 14.3. The minimum Gasteiger partial charge on any atom is -0.497 e. The van der Waals surface area contributed by atoms with E-state index in [1.54, 1.807) is 24.8 Å². The largest absolute Gasteiger partial charge is 0.497 e. The number of ether oxygens (including phenoxy) is 2. The molecule has 4 heterocycles. The molecule has 0 spiro atoms. The standard InChI is InChI=1S/C34H30N4O4S/c1-5-42-33(40)29-30(23-11-7-6-8-12-23)36-34-38(31(29)24-13-9-15-27(18-24)41-4)32(39)28(43-34)19-25-17-21(2)37(22(25)3)26-14-10-16-35-20-26/h6-20,31H,5H2,1-4H3. The number of pyridine rings is 1. The monoisotopic (exact) mass is 590 g/mol. The number of aryl methyl sites for hydroxylation is 1. The van der Waals surface area contributed by atoms with Crippen molar-refractivity contribution in [1.82, 2.24) is 14.1 Å². The smallest absolute Gasteiger partial charge is 0.338 e. The van der Waals surface area contributed by atoms with E-state index in [-0.39, 0.29) is 12.2 Å². The fourth-order valence-electron chi connectivity index (χ4n) is 5.53. The number of fused-ring (bicyclic) bond motifs is 1. The van der Waals surface area contributed by atoms with Gasteiger partial charge in [-0.2, -0.15) is 0 Å². The van der Waals surface area contributed by atoms with E-state index in [1.807, 2.05) is 92.9 Å². The maximum absolute atomic E-state index is 14.3. The Labute approximate surface area is 252 Å². The molecule has 43 heavy (non-hydrogen) atoms. The van der Waals surface area contributed by atoms with E-state index in [9.17, 15) is 9.59 Å². The molecule has 0 bridgehead atoms. The summed E-state index contributed by atoms with van der Waals surface area (Å²) in [7, 11) is 1.59. The molecule has 9 heteroatoms. The SMILES string of the molecule is CCOC(=O)C1=C(c2ccccc2)N=c2sc(=Cc3cc(C)n(-c4cccnc4)c3C)c(=O)n2C1c1cccc(OC)c1. The topological polar surface area (TPSA) is 87.7 Å². The van der Waals surface area contributed by atoms with Crippen LogP contribution < -0.4 is 19.6 Å². The summed E-state index contributed by atoms with van der Waals surface area (Å²) in [6.07, 6.45) is 5.46. The van der Waals surface area contributed by atoms with E-state index in [1.165, 1.54) is 11.3 Å². The van der Waals surface area contributed by atoms with Gasteiger partial charge in [0.1, 0.15) is 5.75 Å². The highest BCUT2D eigenvalue weighted by molar-refractivity contribution is 7.07. The van der Waals surface area contributed by atoms with Crippen LogP contribution in [0.3, 0.4) is 0 Å². The van der Waals surface area contributed by atoms with Crippen molar-refractivity contribution in [1.29, 1.82) is 0 Å². The molecule has 1 aliphatic heterocycles. The molecular weight excluding hydrogens is 560 g/mol. The second-order valence-corrected chi connectivity index (χ2v) is 11.1. The minimum atomic E-state index is -0.773. The zero-order chi connectivity index (χ0) is 30.1. The van der Waals surface area contributed by atoms with Gasteiger partial charge in [0.25, 0.3) is 5.56 Å². The summed E-state index contributed by atoms with van der Waals surface area (Å²) in [6.45, 7) is 6.00. The van der Waals surface area contributed by atoms with Crippen LogP contribution in [0.5, 0.6) is 5.75 Å². The van der Waals surface area contributed by atoms with E-state index < -0.39 is 12.0 Å². The van der Waals surface area contributed by atoms with Crippen LogP contribution in [0, 0.1) is 13.8 Å². The molecule has 0 saturated heterocycles. The summed E-state index contributed by atoms with van der Waals surface area (Å²) in [6, 6.07) is 22.1. The molecule has 0 amide bonds. The molecule has 6 rings (SSSR count). The van der Waals surface area contributed by atoms with Crippen LogP contribution in [0.25, 0.3) is 17.5 Å². The molecule has 5 aromatic rings. The number of methoxy groups -OCH3 is 1. The number of esters is 1. The summed E-state index contributed by atoms with van der Waals surface area (Å²) in [5.41, 5.74) is 5.89. The van der Waals surface area contributed by atoms with Crippen molar-refractivity contribution in [3.05, 3.63) is 139 Å². The fourth-order valence-corrected chi connectivity index (χ4v) is 6.52. The van der Waals surface area contributed by atoms with Crippen molar-refractivity contribution in [3.63, 3.8) is 0 Å². The van der Waals surface area contributed by atoms with Crippen molar-refractivity contribution in [3.8, 4) is 11.4 Å². The predicted molar refractivity (Wildman–Crippen MR) is 167 cm³/mol. The summed E-state index contributed by atoms with van der Waals surface area (Å²) in [4.78, 5) is 37.6. The number of benzene rings is 2. The first-order valence-electron chi connectivity index (χ1n) is 13.9. The molecule has 1 aliphatic rings. The molecule has 0 aliphatic carbocycles. The zero-order valence-electron chi connectivity index (χ0n) is 24.3. The van der Waals surface area contributed by atoms with Gasteiger partial charge in [-0.3, -0.25) is 14.3 Å². The molecular formula is C34H30N4O4S. The van der Waals surface area contributed by atoms with E-state index >= 15 is 0 Å². The lowest BCUT2D eigenvalue weighted by atomic mass is 9.93. The number of thiazole rings is 1. The molecule has 3 aromatic heterocycles. The van der Waals surface area contributed by atoms with E-state index in [4.69, 9.17) is 14.5 Å². The van der Waals surface area contributed by atoms with Crippen molar-refractivity contribution in [2.24, 2.45) is 4.99 Å². The molecule has 0 saturated carbocycles. The number of carbonyl (C=O) groups excluding carboxylic acids is 1. The van der Waals surface area contributed by atoms with Gasteiger partial charge in [-0.05, 0) is 68.3 Å². The van der Waals surface area contributed by atoms with Crippen LogP contribution in [0.1, 0.15) is 41.0 Å². The van der Waals surface area contributed by atoms with E-state index in [2.05, 4.69) is 15.6 Å². The number of carbonyl (C=O) groups is 1. The Kier molecular flexibility index (Phi) is 7.65.